The Labute approximate surface area is 109 Å². The number of nitrogens with zero attached hydrogens (tertiary/aromatic N) is 3. The van der Waals surface area contributed by atoms with Gasteiger partial charge < -0.3 is 9.97 Å². The first kappa shape index (κ1) is 10.3. The molecule has 1 fully saturated rings. The van der Waals surface area contributed by atoms with Gasteiger partial charge >= 0.3 is 0 Å². The molecule has 1 saturated carbocycles. The summed E-state index contributed by atoms with van der Waals surface area (Å²) in [5.74, 6) is 0.787. The van der Waals surface area contributed by atoms with Gasteiger partial charge in [0.05, 0.1) is 35.3 Å². The molecule has 5 heteroatoms. The van der Waals surface area contributed by atoms with Gasteiger partial charge in [0.2, 0.25) is 0 Å². The van der Waals surface area contributed by atoms with Crippen LogP contribution in [-0.4, -0.2) is 19.9 Å². The predicted molar refractivity (Wildman–Crippen MR) is 70.2 cm³/mol. The summed E-state index contributed by atoms with van der Waals surface area (Å²) in [5, 5.41) is 9.18. The first-order chi connectivity index (χ1) is 9.31. The van der Waals surface area contributed by atoms with Crippen molar-refractivity contribution >= 4 is 11.0 Å². The lowest BCUT2D eigenvalue weighted by Crippen LogP contribution is -2.04. The molecule has 0 amide bonds. The molecule has 0 atom stereocenters. The second-order valence-electron chi connectivity index (χ2n) is 4.97. The van der Waals surface area contributed by atoms with Gasteiger partial charge in [0.1, 0.15) is 11.2 Å². The fraction of sp³-hybridized carbons (Fsp3) is 0.214. The number of hydrogen-bond donors (Lipinski definition) is 2. The molecule has 0 aliphatic heterocycles. The molecular weight excluding hydrogens is 238 g/mol. The summed E-state index contributed by atoms with van der Waals surface area (Å²) < 4.78 is 0. The summed E-state index contributed by atoms with van der Waals surface area (Å²) in [6.07, 6.45) is 5.28. The number of nitrogens with one attached hydrogen (secondary N) is 2. The number of rotatable bonds is 2. The monoisotopic (exact) mass is 249 g/mol. The fourth-order valence-electron chi connectivity index (χ4n) is 2.34. The topological polar surface area (TPSA) is 81.2 Å². The van der Waals surface area contributed by atoms with E-state index in [9.17, 15) is 5.26 Å². The van der Waals surface area contributed by atoms with Crippen molar-refractivity contribution in [2.45, 2.75) is 18.3 Å². The van der Waals surface area contributed by atoms with Gasteiger partial charge in [-0.05, 0) is 25.0 Å². The van der Waals surface area contributed by atoms with Crippen LogP contribution in [0.4, 0.5) is 0 Å². The van der Waals surface area contributed by atoms with Crippen LogP contribution in [0.25, 0.3) is 22.3 Å². The largest absolute Gasteiger partial charge is 0.345 e. The molecule has 0 radical (unpaired) electrons. The summed E-state index contributed by atoms with van der Waals surface area (Å²) in [7, 11) is 0. The SMILES string of the molecule is N#CC1(c2ncc(-c3ccc4nc[nH]c4c3)[nH]2)CC1. The lowest BCUT2D eigenvalue weighted by Gasteiger charge is -2.00. The maximum absolute atomic E-state index is 9.18. The van der Waals surface area contributed by atoms with E-state index < -0.39 is 0 Å². The van der Waals surface area contributed by atoms with Crippen LogP contribution in [0.15, 0.2) is 30.7 Å². The second kappa shape index (κ2) is 3.45. The molecule has 1 aliphatic rings. The van der Waals surface area contributed by atoms with Crippen LogP contribution in [0.2, 0.25) is 0 Å². The Morgan fingerprint density at radius 1 is 1.26 bits per heavy atom. The number of H-pyrrole nitrogens is 2. The molecular formula is C14H11N5. The standard InChI is InChI=1S/C14H11N5/c15-7-14(3-4-14)13-16-6-12(19-13)9-1-2-10-11(5-9)18-8-17-10/h1-2,5-6,8H,3-4H2,(H,16,19)(H,17,18). The van der Waals surface area contributed by atoms with Crippen LogP contribution < -0.4 is 0 Å². The van der Waals surface area contributed by atoms with Crippen molar-refractivity contribution in [3.05, 3.63) is 36.5 Å². The first-order valence-electron chi connectivity index (χ1n) is 6.21. The number of hydrogen-bond acceptors (Lipinski definition) is 3. The van der Waals surface area contributed by atoms with Crippen molar-refractivity contribution in [2.24, 2.45) is 0 Å². The third-order valence-electron chi connectivity index (χ3n) is 3.72. The van der Waals surface area contributed by atoms with Crippen LogP contribution in [0.5, 0.6) is 0 Å². The van der Waals surface area contributed by atoms with E-state index in [4.69, 9.17) is 0 Å². The fourth-order valence-corrected chi connectivity index (χ4v) is 2.34. The zero-order valence-corrected chi connectivity index (χ0v) is 10.1. The average Bonchev–Trinajstić information content (AvgIpc) is 2.90. The quantitative estimate of drug-likeness (QED) is 0.732. The zero-order chi connectivity index (χ0) is 12.9. The molecule has 3 aromatic rings. The van der Waals surface area contributed by atoms with E-state index in [1.165, 1.54) is 0 Å². The van der Waals surface area contributed by atoms with Gasteiger partial charge in [-0.2, -0.15) is 5.26 Å². The highest BCUT2D eigenvalue weighted by molar-refractivity contribution is 5.80. The molecule has 2 N–H and O–H groups in total. The third-order valence-corrected chi connectivity index (χ3v) is 3.72. The first-order valence-corrected chi connectivity index (χ1v) is 6.21. The summed E-state index contributed by atoms with van der Waals surface area (Å²) in [6, 6.07) is 8.36. The number of aromatic amines is 2. The van der Waals surface area contributed by atoms with Crippen LogP contribution in [0.3, 0.4) is 0 Å². The molecule has 5 nitrogen and oxygen atoms in total. The highest BCUT2D eigenvalue weighted by Gasteiger charge is 2.47. The van der Waals surface area contributed by atoms with Gasteiger partial charge in [-0.1, -0.05) is 6.07 Å². The highest BCUT2D eigenvalue weighted by Crippen LogP contribution is 2.46. The van der Waals surface area contributed by atoms with E-state index in [2.05, 4.69) is 26.0 Å². The number of imidazole rings is 2. The Bertz CT molecular complexity index is 800. The van der Waals surface area contributed by atoms with Crippen molar-refractivity contribution in [3.63, 3.8) is 0 Å². The minimum absolute atomic E-state index is 0.365. The third kappa shape index (κ3) is 1.47. The van der Waals surface area contributed by atoms with E-state index in [-0.39, 0.29) is 5.41 Å². The van der Waals surface area contributed by atoms with E-state index in [1.807, 2.05) is 18.2 Å². The highest BCUT2D eigenvalue weighted by atomic mass is 15.0. The van der Waals surface area contributed by atoms with Crippen molar-refractivity contribution in [1.82, 2.24) is 19.9 Å². The predicted octanol–water partition coefficient (Wildman–Crippen LogP) is 2.51. The van der Waals surface area contributed by atoms with Crippen LogP contribution in [-0.2, 0) is 5.41 Å². The molecule has 2 aromatic heterocycles. The van der Waals surface area contributed by atoms with E-state index in [0.29, 0.717) is 0 Å². The summed E-state index contributed by atoms with van der Waals surface area (Å²) in [4.78, 5) is 14.9. The summed E-state index contributed by atoms with van der Waals surface area (Å²) in [5.41, 5.74) is 3.56. The molecule has 19 heavy (non-hydrogen) atoms. The number of nitriles is 1. The molecule has 4 rings (SSSR count). The number of aromatic nitrogens is 4. The molecule has 0 saturated heterocycles. The molecule has 0 bridgehead atoms. The zero-order valence-electron chi connectivity index (χ0n) is 10.1. The molecule has 1 aromatic carbocycles. The Morgan fingerprint density at radius 2 is 2.16 bits per heavy atom. The smallest absolute Gasteiger partial charge is 0.127 e. The molecule has 0 spiro atoms. The lowest BCUT2D eigenvalue weighted by atomic mass is 10.1. The Balaban J connectivity index is 1.78. The van der Waals surface area contributed by atoms with Gasteiger partial charge in [-0.15, -0.1) is 0 Å². The van der Waals surface area contributed by atoms with Gasteiger partial charge in [0.15, 0.2) is 0 Å². The summed E-state index contributed by atoms with van der Waals surface area (Å²) >= 11 is 0. The van der Waals surface area contributed by atoms with Gasteiger partial charge in [-0.25, -0.2) is 9.97 Å². The van der Waals surface area contributed by atoms with Crippen LogP contribution >= 0.6 is 0 Å². The van der Waals surface area contributed by atoms with E-state index in [0.717, 1.165) is 41.0 Å². The average molecular weight is 249 g/mol. The van der Waals surface area contributed by atoms with Crippen LogP contribution in [0.1, 0.15) is 18.7 Å². The lowest BCUT2D eigenvalue weighted by molar-refractivity contribution is 0.822. The van der Waals surface area contributed by atoms with Gasteiger partial charge in [0, 0.05) is 5.56 Å². The number of benzene rings is 1. The van der Waals surface area contributed by atoms with Crippen LogP contribution in [0, 0.1) is 11.3 Å². The van der Waals surface area contributed by atoms with Gasteiger partial charge in [-0.3, -0.25) is 0 Å². The molecule has 2 heterocycles. The minimum atomic E-state index is -0.365. The normalized spacial score (nSPS) is 16.4. The molecule has 0 unspecified atom stereocenters. The molecule has 92 valence electrons. The maximum Gasteiger partial charge on any atom is 0.127 e. The van der Waals surface area contributed by atoms with Crippen molar-refractivity contribution in [1.29, 1.82) is 5.26 Å². The second-order valence-corrected chi connectivity index (χ2v) is 4.97. The minimum Gasteiger partial charge on any atom is -0.345 e. The Kier molecular flexibility index (Phi) is 1.88. The van der Waals surface area contributed by atoms with Gasteiger partial charge in [0.25, 0.3) is 0 Å². The van der Waals surface area contributed by atoms with E-state index >= 15 is 0 Å². The van der Waals surface area contributed by atoms with Crippen molar-refractivity contribution < 1.29 is 0 Å². The number of fused-ring (bicyclic) bond motifs is 1. The Morgan fingerprint density at radius 3 is 2.95 bits per heavy atom. The maximum atomic E-state index is 9.18. The summed E-state index contributed by atoms with van der Waals surface area (Å²) in [6.45, 7) is 0. The van der Waals surface area contributed by atoms with Crippen molar-refractivity contribution in [3.8, 4) is 17.3 Å². The van der Waals surface area contributed by atoms with Crippen molar-refractivity contribution in [2.75, 3.05) is 0 Å². The van der Waals surface area contributed by atoms with E-state index in [1.54, 1.807) is 12.5 Å². The Hall–Kier alpha value is -2.61. The molecule has 1 aliphatic carbocycles.